The molecule has 0 saturated heterocycles. The Bertz CT molecular complexity index is 913. The number of unbranched alkanes of at least 4 members (excludes halogenated alkanes) is 2. The van der Waals surface area contributed by atoms with Gasteiger partial charge < -0.3 is 14.9 Å². The molecule has 6 rings (SSSR count). The molecule has 0 radical (unpaired) electrons. The summed E-state index contributed by atoms with van der Waals surface area (Å²) in [5.74, 6) is 2.75. The summed E-state index contributed by atoms with van der Waals surface area (Å²) >= 11 is 0. The average molecular weight is 449 g/mol. The summed E-state index contributed by atoms with van der Waals surface area (Å²) in [7, 11) is 4.45. The third-order valence-electron chi connectivity index (χ3n) is 9.31. The van der Waals surface area contributed by atoms with Crippen molar-refractivity contribution in [3.63, 3.8) is 0 Å². The number of anilines is 1. The molecular formula is C30H44N2O. The lowest BCUT2D eigenvalue weighted by atomic mass is 9.48. The first kappa shape index (κ1) is 23.2. The van der Waals surface area contributed by atoms with Gasteiger partial charge in [-0.2, -0.15) is 0 Å². The zero-order chi connectivity index (χ0) is 23.0. The third kappa shape index (κ3) is 4.82. The first-order valence-electron chi connectivity index (χ1n) is 13.5. The topological polar surface area (TPSA) is 26.7 Å². The number of rotatable bonds is 10. The fourth-order valence-corrected chi connectivity index (χ4v) is 8.02. The molecule has 4 aliphatic rings. The molecule has 4 saturated carbocycles. The van der Waals surface area contributed by atoms with E-state index in [-0.39, 0.29) is 11.5 Å². The van der Waals surface area contributed by atoms with Crippen LogP contribution in [0.25, 0.3) is 10.8 Å². The van der Waals surface area contributed by atoms with E-state index in [1.54, 1.807) is 0 Å². The first-order chi connectivity index (χ1) is 15.9. The number of likely N-dealkylation sites (N-methyl/N-ethyl adjacent to an activating group) is 1. The highest BCUT2D eigenvalue weighted by Crippen LogP contribution is 2.61. The Balaban J connectivity index is 1.06. The van der Waals surface area contributed by atoms with Gasteiger partial charge in [-0.05, 0) is 112 Å². The van der Waals surface area contributed by atoms with Gasteiger partial charge >= 0.3 is 0 Å². The molecule has 3 heteroatoms. The highest BCUT2D eigenvalue weighted by atomic mass is 16.3. The van der Waals surface area contributed by atoms with E-state index in [4.69, 9.17) is 0 Å². The summed E-state index contributed by atoms with van der Waals surface area (Å²) in [6.07, 6.45) is 11.8. The van der Waals surface area contributed by atoms with Gasteiger partial charge in [0.15, 0.2) is 0 Å². The number of nitrogens with zero attached hydrogens (tertiary/aromatic N) is 2. The second-order valence-corrected chi connectivity index (χ2v) is 12.0. The molecule has 0 aliphatic heterocycles. The van der Waals surface area contributed by atoms with E-state index < -0.39 is 0 Å². The lowest BCUT2D eigenvalue weighted by Gasteiger charge is -2.58. The Morgan fingerprint density at radius 1 is 0.879 bits per heavy atom. The summed E-state index contributed by atoms with van der Waals surface area (Å²) in [6, 6.07) is 13.2. The van der Waals surface area contributed by atoms with Crippen molar-refractivity contribution < 1.29 is 5.11 Å². The maximum Gasteiger partial charge on any atom is 0.0723 e. The van der Waals surface area contributed by atoms with Crippen molar-refractivity contribution >= 4 is 16.5 Å². The summed E-state index contributed by atoms with van der Waals surface area (Å²) in [4.78, 5) is 4.83. The fraction of sp³-hybridized carbons (Fsp3) is 0.667. The minimum absolute atomic E-state index is 0.128. The second kappa shape index (κ2) is 9.58. The van der Waals surface area contributed by atoms with Crippen LogP contribution in [0.15, 0.2) is 36.4 Å². The number of hydrogen-bond donors (Lipinski definition) is 1. The summed E-state index contributed by atoms with van der Waals surface area (Å²) in [5, 5.41) is 14.0. The van der Waals surface area contributed by atoms with Gasteiger partial charge in [-0.25, -0.2) is 0 Å². The number of aliphatic hydroxyl groups excluding tert-OH is 1. The minimum Gasteiger partial charge on any atom is -0.391 e. The van der Waals surface area contributed by atoms with Crippen LogP contribution in [0.1, 0.15) is 63.4 Å². The van der Waals surface area contributed by atoms with Crippen LogP contribution in [0, 0.1) is 30.1 Å². The van der Waals surface area contributed by atoms with Crippen molar-refractivity contribution in [3.8, 4) is 0 Å². The van der Waals surface area contributed by atoms with Crippen LogP contribution >= 0.6 is 0 Å². The van der Waals surface area contributed by atoms with Gasteiger partial charge in [-0.1, -0.05) is 36.8 Å². The Labute approximate surface area is 201 Å². The van der Waals surface area contributed by atoms with Crippen LogP contribution in [0.3, 0.4) is 0 Å². The molecule has 0 heterocycles. The quantitative estimate of drug-likeness (QED) is 0.434. The molecule has 1 N–H and O–H groups in total. The third-order valence-corrected chi connectivity index (χ3v) is 9.31. The number of aryl methyl sites for hydroxylation is 1. The molecule has 4 fully saturated rings. The van der Waals surface area contributed by atoms with Crippen molar-refractivity contribution in [3.05, 3.63) is 42.0 Å². The van der Waals surface area contributed by atoms with Gasteiger partial charge in [0.25, 0.3) is 0 Å². The van der Waals surface area contributed by atoms with Crippen LogP contribution in [-0.2, 0) is 0 Å². The minimum atomic E-state index is -0.128. The zero-order valence-electron chi connectivity index (χ0n) is 21.1. The maximum atomic E-state index is 11.2. The lowest BCUT2D eigenvalue weighted by Crippen LogP contribution is -2.54. The Hall–Kier alpha value is -1.58. The molecule has 180 valence electrons. The van der Waals surface area contributed by atoms with Crippen LogP contribution in [0.4, 0.5) is 5.69 Å². The summed E-state index contributed by atoms with van der Waals surface area (Å²) < 4.78 is 0. The van der Waals surface area contributed by atoms with Crippen LogP contribution in [-0.4, -0.2) is 49.8 Å². The highest BCUT2D eigenvalue weighted by Gasteiger charge is 2.53. The molecule has 0 amide bonds. The predicted octanol–water partition coefficient (Wildman–Crippen LogP) is 6.26. The van der Waals surface area contributed by atoms with Gasteiger partial charge in [0.05, 0.1) is 6.10 Å². The number of aliphatic hydroxyl groups is 1. The van der Waals surface area contributed by atoms with E-state index in [9.17, 15) is 5.11 Å². The molecule has 4 aliphatic carbocycles. The molecule has 2 aromatic rings. The number of hydrogen-bond acceptors (Lipinski definition) is 3. The van der Waals surface area contributed by atoms with Crippen molar-refractivity contribution in [2.75, 3.05) is 38.6 Å². The molecule has 1 atom stereocenters. The number of benzene rings is 2. The van der Waals surface area contributed by atoms with Crippen LogP contribution in [0.2, 0.25) is 0 Å². The Morgan fingerprint density at radius 3 is 2.15 bits per heavy atom. The van der Waals surface area contributed by atoms with Gasteiger partial charge in [0.2, 0.25) is 0 Å². The summed E-state index contributed by atoms with van der Waals surface area (Å²) in [5.41, 5.74) is 2.96. The SMILES string of the molecule is Cc1cccc2cccc(N(C)CCCCCN(C)CC(O)C34CC5CC(CC(C5)C3)C4)c12. The van der Waals surface area contributed by atoms with Crippen molar-refractivity contribution in [2.24, 2.45) is 23.2 Å². The van der Waals surface area contributed by atoms with Crippen molar-refractivity contribution in [2.45, 2.75) is 70.8 Å². The molecule has 2 aromatic carbocycles. The molecule has 1 unspecified atom stereocenters. The monoisotopic (exact) mass is 448 g/mol. The van der Waals surface area contributed by atoms with E-state index in [0.717, 1.165) is 37.4 Å². The molecule has 0 aromatic heterocycles. The molecular weight excluding hydrogens is 404 g/mol. The van der Waals surface area contributed by atoms with Crippen molar-refractivity contribution in [1.82, 2.24) is 4.90 Å². The molecule has 3 nitrogen and oxygen atoms in total. The highest BCUT2D eigenvalue weighted by molar-refractivity contribution is 5.96. The van der Waals surface area contributed by atoms with Gasteiger partial charge in [-0.15, -0.1) is 0 Å². The van der Waals surface area contributed by atoms with Crippen molar-refractivity contribution in [1.29, 1.82) is 0 Å². The zero-order valence-corrected chi connectivity index (χ0v) is 21.1. The molecule has 33 heavy (non-hydrogen) atoms. The molecule has 0 spiro atoms. The van der Waals surface area contributed by atoms with Gasteiger partial charge in [0, 0.05) is 31.2 Å². The Kier molecular flexibility index (Phi) is 6.73. The van der Waals surface area contributed by atoms with E-state index >= 15 is 0 Å². The summed E-state index contributed by atoms with van der Waals surface area (Å²) in [6.45, 7) is 5.27. The smallest absolute Gasteiger partial charge is 0.0723 e. The van der Waals surface area contributed by atoms with Crippen LogP contribution in [0.5, 0.6) is 0 Å². The van der Waals surface area contributed by atoms with E-state index in [1.165, 1.54) is 79.8 Å². The van der Waals surface area contributed by atoms with Gasteiger partial charge in [0.1, 0.15) is 0 Å². The number of fused-ring (bicyclic) bond motifs is 1. The predicted molar refractivity (Wildman–Crippen MR) is 140 cm³/mol. The maximum absolute atomic E-state index is 11.2. The molecule has 4 bridgehead atoms. The lowest BCUT2D eigenvalue weighted by molar-refractivity contribution is -0.125. The van der Waals surface area contributed by atoms with E-state index in [2.05, 4.69) is 67.2 Å². The van der Waals surface area contributed by atoms with E-state index in [1.807, 2.05) is 0 Å². The van der Waals surface area contributed by atoms with E-state index in [0.29, 0.717) is 0 Å². The standard InChI is InChI=1S/C30H44N2O/c1-22-9-7-10-26-11-8-12-27(29(22)26)32(3)14-6-4-5-13-31(2)21-28(33)30-18-23-15-24(19-30)17-25(16-23)20-30/h7-12,23-25,28,33H,4-6,13-21H2,1-3H3. The van der Waals surface area contributed by atoms with Gasteiger partial charge in [-0.3, -0.25) is 0 Å². The van der Waals surface area contributed by atoms with Crippen LogP contribution < -0.4 is 4.90 Å². The average Bonchev–Trinajstić information content (AvgIpc) is 2.77. The first-order valence-corrected chi connectivity index (χ1v) is 13.5. The second-order valence-electron chi connectivity index (χ2n) is 12.0. The normalized spacial score (nSPS) is 29.2. The Morgan fingerprint density at radius 2 is 1.48 bits per heavy atom. The fourth-order valence-electron chi connectivity index (χ4n) is 8.02. The largest absolute Gasteiger partial charge is 0.391 e.